The molecular formula is C15H20Cl2N2. The van der Waals surface area contributed by atoms with Crippen LogP contribution in [0.25, 0.3) is 0 Å². The van der Waals surface area contributed by atoms with E-state index in [1.807, 2.05) is 18.2 Å². The first-order chi connectivity index (χ1) is 9.22. The monoisotopic (exact) mass is 298 g/mol. The molecule has 2 aliphatic rings. The van der Waals surface area contributed by atoms with Crippen LogP contribution in [0.4, 0.5) is 0 Å². The van der Waals surface area contributed by atoms with Crippen LogP contribution in [0.15, 0.2) is 18.2 Å². The van der Waals surface area contributed by atoms with Crippen LogP contribution in [-0.4, -0.2) is 30.1 Å². The van der Waals surface area contributed by atoms with Gasteiger partial charge in [-0.05, 0) is 56.0 Å². The maximum Gasteiger partial charge on any atom is 0.0452 e. The molecule has 1 atom stereocenters. The van der Waals surface area contributed by atoms with E-state index >= 15 is 0 Å². The Morgan fingerprint density at radius 3 is 2.74 bits per heavy atom. The number of nitrogens with one attached hydrogen (secondary N) is 1. The minimum absolute atomic E-state index is 0.651. The van der Waals surface area contributed by atoms with Gasteiger partial charge in [0.1, 0.15) is 0 Å². The minimum Gasteiger partial charge on any atom is -0.313 e. The summed E-state index contributed by atoms with van der Waals surface area (Å²) >= 11 is 12.4. The Morgan fingerprint density at radius 1 is 1.21 bits per heavy atom. The Morgan fingerprint density at radius 2 is 2.05 bits per heavy atom. The van der Waals surface area contributed by atoms with Crippen molar-refractivity contribution in [1.29, 1.82) is 0 Å². The number of benzene rings is 1. The van der Waals surface area contributed by atoms with Gasteiger partial charge in [0.15, 0.2) is 0 Å². The van der Waals surface area contributed by atoms with Gasteiger partial charge in [-0.3, -0.25) is 4.90 Å². The van der Waals surface area contributed by atoms with Crippen molar-refractivity contribution >= 4 is 23.2 Å². The second kappa shape index (κ2) is 6.01. The van der Waals surface area contributed by atoms with E-state index < -0.39 is 0 Å². The molecule has 0 spiro atoms. The second-order valence-corrected chi connectivity index (χ2v) is 6.53. The topological polar surface area (TPSA) is 15.3 Å². The molecule has 0 radical (unpaired) electrons. The first-order valence-electron chi connectivity index (χ1n) is 7.14. The van der Waals surface area contributed by atoms with Gasteiger partial charge >= 0.3 is 0 Å². The molecule has 19 heavy (non-hydrogen) atoms. The zero-order chi connectivity index (χ0) is 13.2. The lowest BCUT2D eigenvalue weighted by Gasteiger charge is -2.26. The minimum atomic E-state index is 0.651. The van der Waals surface area contributed by atoms with Crippen molar-refractivity contribution in [2.24, 2.45) is 0 Å². The van der Waals surface area contributed by atoms with E-state index in [2.05, 4.69) is 10.2 Å². The van der Waals surface area contributed by atoms with Gasteiger partial charge < -0.3 is 5.32 Å². The molecule has 2 fully saturated rings. The quantitative estimate of drug-likeness (QED) is 0.891. The Balaban J connectivity index is 1.68. The number of rotatable bonds is 5. The molecule has 1 aliphatic heterocycles. The van der Waals surface area contributed by atoms with Crippen molar-refractivity contribution in [3.63, 3.8) is 0 Å². The molecule has 0 bridgehead atoms. The van der Waals surface area contributed by atoms with E-state index in [1.54, 1.807) is 0 Å². The van der Waals surface area contributed by atoms with Gasteiger partial charge in [0.25, 0.3) is 0 Å². The summed E-state index contributed by atoms with van der Waals surface area (Å²) in [6, 6.07) is 7.16. The highest BCUT2D eigenvalue weighted by atomic mass is 35.5. The van der Waals surface area contributed by atoms with Crippen molar-refractivity contribution in [3.8, 4) is 0 Å². The van der Waals surface area contributed by atoms with E-state index in [0.29, 0.717) is 6.04 Å². The van der Waals surface area contributed by atoms with Crippen molar-refractivity contribution in [1.82, 2.24) is 10.2 Å². The Hall–Kier alpha value is -0.280. The molecule has 3 rings (SSSR count). The smallest absolute Gasteiger partial charge is 0.0452 e. The molecule has 104 valence electrons. The molecule has 1 N–H and O–H groups in total. The highest BCUT2D eigenvalue weighted by Crippen LogP contribution is 2.31. The van der Waals surface area contributed by atoms with Crippen LogP contribution >= 0.6 is 23.2 Å². The van der Waals surface area contributed by atoms with Crippen molar-refractivity contribution in [2.75, 3.05) is 13.1 Å². The zero-order valence-electron chi connectivity index (χ0n) is 11.0. The summed E-state index contributed by atoms with van der Waals surface area (Å²) in [4.78, 5) is 2.57. The molecule has 1 unspecified atom stereocenters. The highest BCUT2D eigenvalue weighted by molar-refractivity contribution is 6.33. The third-order valence-electron chi connectivity index (χ3n) is 4.06. The predicted octanol–water partition coefficient (Wildman–Crippen LogP) is 3.71. The molecule has 0 amide bonds. The Kier molecular flexibility index (Phi) is 4.33. The molecular weight excluding hydrogens is 279 g/mol. The van der Waals surface area contributed by atoms with Crippen molar-refractivity contribution in [3.05, 3.63) is 33.8 Å². The summed E-state index contributed by atoms with van der Waals surface area (Å²) in [7, 11) is 0. The van der Waals surface area contributed by atoms with Gasteiger partial charge in [0.2, 0.25) is 0 Å². The van der Waals surface area contributed by atoms with Gasteiger partial charge in [-0.2, -0.15) is 0 Å². The van der Waals surface area contributed by atoms with E-state index in [-0.39, 0.29) is 0 Å². The summed E-state index contributed by atoms with van der Waals surface area (Å²) in [5.74, 6) is 0. The van der Waals surface area contributed by atoms with Gasteiger partial charge in [-0.25, -0.2) is 0 Å². The molecule has 1 saturated heterocycles. The third kappa shape index (κ3) is 3.63. The fraction of sp³-hybridized carbons (Fsp3) is 0.600. The average molecular weight is 299 g/mol. The largest absolute Gasteiger partial charge is 0.313 e. The lowest BCUT2D eigenvalue weighted by molar-refractivity contribution is 0.231. The second-order valence-electron chi connectivity index (χ2n) is 5.69. The van der Waals surface area contributed by atoms with E-state index in [9.17, 15) is 0 Å². The van der Waals surface area contributed by atoms with Crippen molar-refractivity contribution in [2.45, 2.75) is 44.3 Å². The molecule has 1 heterocycles. The van der Waals surface area contributed by atoms with Crippen LogP contribution in [0.1, 0.15) is 31.2 Å². The summed E-state index contributed by atoms with van der Waals surface area (Å²) in [5, 5.41) is 5.18. The van der Waals surface area contributed by atoms with Crippen LogP contribution in [0.2, 0.25) is 10.0 Å². The fourth-order valence-electron chi connectivity index (χ4n) is 2.86. The number of hydrogen-bond acceptors (Lipinski definition) is 2. The van der Waals surface area contributed by atoms with Crippen LogP contribution in [-0.2, 0) is 6.54 Å². The Labute approximate surface area is 125 Å². The summed E-state index contributed by atoms with van der Waals surface area (Å²) in [6.07, 6.45) is 5.25. The highest BCUT2D eigenvalue weighted by Gasteiger charge is 2.31. The Bertz CT molecular complexity index is 440. The van der Waals surface area contributed by atoms with Crippen molar-refractivity contribution < 1.29 is 0 Å². The summed E-state index contributed by atoms with van der Waals surface area (Å²) in [5.41, 5.74) is 1.15. The molecule has 1 saturated carbocycles. The first kappa shape index (κ1) is 13.7. The van der Waals surface area contributed by atoms with E-state index in [0.717, 1.165) is 34.7 Å². The number of nitrogens with zero attached hydrogens (tertiary/aromatic N) is 1. The number of halogens is 2. The van der Waals surface area contributed by atoms with Crippen LogP contribution in [0.5, 0.6) is 0 Å². The third-order valence-corrected chi connectivity index (χ3v) is 4.67. The van der Waals surface area contributed by atoms with Crippen LogP contribution < -0.4 is 5.32 Å². The van der Waals surface area contributed by atoms with E-state index in [4.69, 9.17) is 23.2 Å². The predicted molar refractivity (Wildman–Crippen MR) is 80.9 cm³/mol. The summed E-state index contributed by atoms with van der Waals surface area (Å²) < 4.78 is 0. The molecule has 1 aromatic rings. The lowest BCUT2D eigenvalue weighted by Crippen LogP contribution is -2.38. The van der Waals surface area contributed by atoms with Gasteiger partial charge in [0.05, 0.1) is 0 Å². The molecule has 2 nitrogen and oxygen atoms in total. The molecule has 1 aromatic carbocycles. The van der Waals surface area contributed by atoms with Gasteiger partial charge in [0, 0.05) is 35.2 Å². The lowest BCUT2D eigenvalue weighted by atomic mass is 10.1. The first-order valence-corrected chi connectivity index (χ1v) is 7.89. The maximum absolute atomic E-state index is 6.28. The average Bonchev–Trinajstić information content (AvgIpc) is 3.12. The van der Waals surface area contributed by atoms with Gasteiger partial charge in [-0.1, -0.05) is 23.2 Å². The summed E-state index contributed by atoms with van der Waals surface area (Å²) in [6.45, 7) is 3.22. The molecule has 0 aromatic heterocycles. The fourth-order valence-corrected chi connectivity index (χ4v) is 3.23. The van der Waals surface area contributed by atoms with E-state index in [1.165, 1.54) is 32.2 Å². The zero-order valence-corrected chi connectivity index (χ0v) is 12.6. The molecule has 4 heteroatoms. The number of hydrogen-bond donors (Lipinski definition) is 1. The SMILES string of the molecule is Clc1ccc(Cl)c(CN(CC2CCCN2)C2CC2)c1. The van der Waals surface area contributed by atoms with Gasteiger partial charge in [-0.15, -0.1) is 0 Å². The normalized spacial score (nSPS) is 23.2. The maximum atomic E-state index is 6.28. The van der Waals surface area contributed by atoms with Crippen LogP contribution in [0, 0.1) is 0 Å². The van der Waals surface area contributed by atoms with Crippen LogP contribution in [0.3, 0.4) is 0 Å². The standard InChI is InChI=1S/C15H20Cl2N2/c16-12-3-6-15(17)11(8-12)9-19(14-4-5-14)10-13-2-1-7-18-13/h3,6,8,13-14,18H,1-2,4-5,7,9-10H2. The molecule has 1 aliphatic carbocycles.